The smallest absolute Gasteiger partial charge is 0.257 e. The summed E-state index contributed by atoms with van der Waals surface area (Å²) in [6.07, 6.45) is 4.07. The molecule has 0 aliphatic carbocycles. The third kappa shape index (κ3) is 6.06. The van der Waals surface area contributed by atoms with Gasteiger partial charge in [0.2, 0.25) is 10.0 Å². The average Bonchev–Trinajstić information content (AvgIpc) is 3.77. The van der Waals surface area contributed by atoms with Crippen LogP contribution in [0.2, 0.25) is 0 Å². The van der Waals surface area contributed by atoms with Gasteiger partial charge in [-0.2, -0.15) is 9.40 Å². The standard InChI is InChI=1S/C32H35N5O5S/c1-35-31(24-11-4-3-5-12-24)26(19-34-35)32(38)36-20-29(41-2)30(21-36)42-25-13-8-10-23(18-25)22-43(39,40)37-17-9-15-28(37)27-14-6-7-16-33-27/h3-8,10-14,16,18-19,28-30H,9,15,17,20-22H2,1-2H3. The number of nitrogens with zero attached hydrogens (tertiary/aromatic N) is 5. The largest absolute Gasteiger partial charge is 0.486 e. The van der Waals surface area contributed by atoms with Crippen LogP contribution in [0, 0.1) is 0 Å². The molecule has 2 aromatic heterocycles. The summed E-state index contributed by atoms with van der Waals surface area (Å²) in [5.74, 6) is 0.246. The molecule has 0 bridgehead atoms. The predicted octanol–water partition coefficient (Wildman–Crippen LogP) is 4.07. The Morgan fingerprint density at radius 3 is 2.56 bits per heavy atom. The van der Waals surface area contributed by atoms with Crippen LogP contribution in [0.4, 0.5) is 0 Å². The summed E-state index contributed by atoms with van der Waals surface area (Å²) in [4.78, 5) is 19.8. The first-order valence-corrected chi connectivity index (χ1v) is 16.0. The van der Waals surface area contributed by atoms with Gasteiger partial charge >= 0.3 is 0 Å². The maximum Gasteiger partial charge on any atom is 0.257 e. The molecule has 0 saturated carbocycles. The van der Waals surface area contributed by atoms with Crippen molar-refractivity contribution in [2.45, 2.75) is 36.8 Å². The van der Waals surface area contributed by atoms with Crippen molar-refractivity contribution in [3.63, 3.8) is 0 Å². The van der Waals surface area contributed by atoms with Gasteiger partial charge in [0, 0.05) is 32.5 Å². The first-order valence-electron chi connectivity index (χ1n) is 14.4. The fourth-order valence-electron chi connectivity index (χ4n) is 6.07. The summed E-state index contributed by atoms with van der Waals surface area (Å²) in [6.45, 7) is 1.16. The number of rotatable bonds is 9. The van der Waals surface area contributed by atoms with Gasteiger partial charge in [0.1, 0.15) is 18.0 Å². The van der Waals surface area contributed by atoms with E-state index in [0.29, 0.717) is 36.5 Å². The lowest BCUT2D eigenvalue weighted by atomic mass is 10.1. The summed E-state index contributed by atoms with van der Waals surface area (Å²) >= 11 is 0. The molecule has 0 radical (unpaired) electrons. The monoisotopic (exact) mass is 601 g/mol. The third-order valence-corrected chi connectivity index (χ3v) is 10.00. The molecule has 2 saturated heterocycles. The topological polar surface area (TPSA) is 107 Å². The molecule has 0 spiro atoms. The number of benzene rings is 2. The van der Waals surface area contributed by atoms with E-state index in [-0.39, 0.29) is 23.8 Å². The van der Waals surface area contributed by atoms with Crippen molar-refractivity contribution in [3.05, 3.63) is 102 Å². The Morgan fingerprint density at radius 2 is 1.79 bits per heavy atom. The SMILES string of the molecule is COC1CN(C(=O)c2cnn(C)c2-c2ccccc2)CC1Oc1cccc(CS(=O)(=O)N2CCCC2c2ccccn2)c1. The molecule has 3 atom stereocenters. The molecule has 11 heteroatoms. The van der Waals surface area contributed by atoms with Gasteiger partial charge < -0.3 is 14.4 Å². The van der Waals surface area contributed by atoms with Crippen LogP contribution in [0.25, 0.3) is 11.3 Å². The molecule has 224 valence electrons. The first kappa shape index (κ1) is 29.0. The van der Waals surface area contributed by atoms with Crippen LogP contribution < -0.4 is 4.74 Å². The zero-order valence-corrected chi connectivity index (χ0v) is 25.1. The number of aromatic nitrogens is 3. The number of pyridine rings is 1. The molecule has 2 aromatic carbocycles. The van der Waals surface area contributed by atoms with E-state index in [2.05, 4.69) is 10.1 Å². The molecule has 2 fully saturated rings. The number of amides is 1. The summed E-state index contributed by atoms with van der Waals surface area (Å²) in [5.41, 5.74) is 3.58. The highest BCUT2D eigenvalue weighted by Gasteiger charge is 2.39. The second kappa shape index (κ2) is 12.3. The Labute approximate surface area is 251 Å². The Kier molecular flexibility index (Phi) is 8.29. The number of hydrogen-bond acceptors (Lipinski definition) is 7. The number of sulfonamides is 1. The summed E-state index contributed by atoms with van der Waals surface area (Å²) in [7, 11) is -0.168. The number of likely N-dealkylation sites (tertiary alicyclic amines) is 1. The number of carbonyl (C=O) groups is 1. The molecule has 4 heterocycles. The highest BCUT2D eigenvalue weighted by atomic mass is 32.2. The third-order valence-electron chi connectivity index (χ3n) is 8.15. The fraction of sp³-hybridized carbons (Fsp3) is 0.344. The van der Waals surface area contributed by atoms with E-state index >= 15 is 0 Å². The van der Waals surface area contributed by atoms with Gasteiger partial charge in [0.05, 0.1) is 48.0 Å². The minimum atomic E-state index is -3.59. The Bertz CT molecular complexity index is 1680. The van der Waals surface area contributed by atoms with Gasteiger partial charge in [-0.25, -0.2) is 8.42 Å². The maximum atomic E-state index is 13.7. The molecular formula is C32H35N5O5S. The van der Waals surface area contributed by atoms with Gasteiger partial charge in [0.25, 0.3) is 5.91 Å². The summed E-state index contributed by atoms with van der Waals surface area (Å²) < 4.78 is 42.4. The van der Waals surface area contributed by atoms with Gasteiger partial charge in [-0.1, -0.05) is 48.5 Å². The summed E-state index contributed by atoms with van der Waals surface area (Å²) in [6, 6.07) is 22.2. The quantitative estimate of drug-likeness (QED) is 0.285. The van der Waals surface area contributed by atoms with Gasteiger partial charge in [-0.05, 0) is 42.7 Å². The molecular weight excluding hydrogens is 566 g/mol. The van der Waals surface area contributed by atoms with Crippen LogP contribution in [0.5, 0.6) is 5.75 Å². The molecule has 2 aliphatic heterocycles. The van der Waals surface area contributed by atoms with E-state index in [0.717, 1.165) is 29.8 Å². The molecule has 2 aliphatic rings. The van der Waals surface area contributed by atoms with Crippen LogP contribution in [0.15, 0.2) is 85.2 Å². The van der Waals surface area contributed by atoms with Crippen molar-refractivity contribution in [1.82, 2.24) is 24.0 Å². The normalized spacial score (nSPS) is 20.9. The van der Waals surface area contributed by atoms with Crippen LogP contribution in [-0.4, -0.2) is 77.2 Å². The van der Waals surface area contributed by atoms with Crippen molar-refractivity contribution in [2.24, 2.45) is 7.05 Å². The highest BCUT2D eigenvalue weighted by Crippen LogP contribution is 2.35. The number of aryl methyl sites for hydroxylation is 1. The van der Waals surface area contributed by atoms with Crippen LogP contribution in [-0.2, 0) is 27.6 Å². The lowest BCUT2D eigenvalue weighted by Gasteiger charge is -2.24. The molecule has 6 rings (SSSR count). The predicted molar refractivity (Wildman–Crippen MR) is 162 cm³/mol. The Morgan fingerprint density at radius 1 is 1.00 bits per heavy atom. The molecule has 43 heavy (non-hydrogen) atoms. The Hall–Kier alpha value is -4.06. The van der Waals surface area contributed by atoms with Crippen LogP contribution in [0.3, 0.4) is 0 Å². The van der Waals surface area contributed by atoms with Crippen molar-refractivity contribution in [3.8, 4) is 17.0 Å². The van der Waals surface area contributed by atoms with Gasteiger partial charge in [0.15, 0.2) is 0 Å². The second-order valence-electron chi connectivity index (χ2n) is 11.0. The van der Waals surface area contributed by atoms with E-state index in [1.165, 1.54) is 0 Å². The minimum absolute atomic E-state index is 0.139. The van der Waals surface area contributed by atoms with E-state index in [1.807, 2.05) is 55.6 Å². The molecule has 1 amide bonds. The van der Waals surface area contributed by atoms with E-state index in [9.17, 15) is 13.2 Å². The number of ether oxygens (including phenoxy) is 2. The zero-order valence-electron chi connectivity index (χ0n) is 24.2. The van der Waals surface area contributed by atoms with Crippen LogP contribution in [0.1, 0.15) is 40.5 Å². The molecule has 3 unspecified atom stereocenters. The number of hydrogen-bond donors (Lipinski definition) is 0. The molecule has 10 nitrogen and oxygen atoms in total. The maximum absolute atomic E-state index is 13.7. The van der Waals surface area contributed by atoms with Gasteiger partial charge in [-0.15, -0.1) is 0 Å². The average molecular weight is 602 g/mol. The van der Waals surface area contributed by atoms with E-state index in [1.54, 1.807) is 57.7 Å². The van der Waals surface area contributed by atoms with Crippen molar-refractivity contribution >= 4 is 15.9 Å². The lowest BCUT2D eigenvalue weighted by Crippen LogP contribution is -2.32. The summed E-state index contributed by atoms with van der Waals surface area (Å²) in [5, 5.41) is 4.35. The Balaban J connectivity index is 1.15. The number of methoxy groups -OCH3 is 1. The highest BCUT2D eigenvalue weighted by molar-refractivity contribution is 7.88. The molecule has 4 aromatic rings. The fourth-order valence-corrected chi connectivity index (χ4v) is 7.85. The lowest BCUT2D eigenvalue weighted by molar-refractivity contribution is 0.0339. The van der Waals surface area contributed by atoms with Crippen molar-refractivity contribution < 1.29 is 22.7 Å². The number of carbonyl (C=O) groups excluding carboxylic acids is 1. The van der Waals surface area contributed by atoms with Crippen LogP contribution >= 0.6 is 0 Å². The van der Waals surface area contributed by atoms with E-state index < -0.39 is 16.1 Å². The zero-order chi connectivity index (χ0) is 30.0. The van der Waals surface area contributed by atoms with E-state index in [4.69, 9.17) is 9.47 Å². The minimum Gasteiger partial charge on any atom is -0.486 e. The van der Waals surface area contributed by atoms with Crippen molar-refractivity contribution in [1.29, 1.82) is 0 Å². The molecule has 0 N–H and O–H groups in total. The van der Waals surface area contributed by atoms with Crippen molar-refractivity contribution in [2.75, 3.05) is 26.7 Å². The second-order valence-corrected chi connectivity index (χ2v) is 12.9. The van der Waals surface area contributed by atoms with Gasteiger partial charge in [-0.3, -0.25) is 14.5 Å². The first-order chi connectivity index (χ1) is 20.8.